The number of aromatic hydroxyl groups is 22. The Morgan fingerprint density at radius 2 is 0.268 bits per heavy atom. The van der Waals surface area contributed by atoms with Gasteiger partial charge in [-0.1, -0.05) is 0 Å². The van der Waals surface area contributed by atoms with E-state index in [0.29, 0.717) is 0 Å². The van der Waals surface area contributed by atoms with Gasteiger partial charge in [-0.3, -0.25) is 0 Å². The van der Waals surface area contributed by atoms with Crippen LogP contribution in [0.2, 0.25) is 0 Å². The van der Waals surface area contributed by atoms with E-state index in [4.69, 9.17) is 0 Å². The zero-order valence-corrected chi connectivity index (χ0v) is 26.8. The highest BCUT2D eigenvalue weighted by atomic mass is 16.4. The van der Waals surface area contributed by atoms with Crippen LogP contribution in [0.3, 0.4) is 0 Å². The molecule has 22 heteroatoms. The van der Waals surface area contributed by atoms with E-state index in [-0.39, 0.29) is 0 Å². The number of rotatable bonds is 2. The first-order valence-corrected chi connectivity index (χ1v) is 14.9. The monoisotopic (exact) mass is 782 g/mol. The summed E-state index contributed by atoms with van der Waals surface area (Å²) in [6.07, 6.45) is 0. The molecule has 0 aliphatic rings. The van der Waals surface area contributed by atoms with Gasteiger partial charge >= 0.3 is 0 Å². The fraction of sp³-hybridized carbons (Fsp3) is 0. The van der Waals surface area contributed by atoms with Crippen LogP contribution >= 0.6 is 0 Å². The third-order valence-electron chi connectivity index (χ3n) is 9.43. The van der Waals surface area contributed by atoms with Crippen LogP contribution in [-0.2, 0) is 0 Å². The second-order valence-electron chi connectivity index (χ2n) is 12.2. The number of fused-ring (bicyclic) bond motifs is 4. The molecular formula is C34H22O22. The molecule has 0 saturated carbocycles. The maximum absolute atomic E-state index is 11.6. The minimum Gasteiger partial charge on any atom is -0.506 e. The summed E-state index contributed by atoms with van der Waals surface area (Å²) in [7, 11) is 0. The molecule has 0 saturated heterocycles. The summed E-state index contributed by atoms with van der Waals surface area (Å²) in [6, 6.07) is 0. The van der Waals surface area contributed by atoms with Gasteiger partial charge < -0.3 is 112 Å². The predicted octanol–water partition coefficient (Wildman–Crippen LogP) is 3.16. The lowest BCUT2D eigenvalue weighted by atomic mass is 9.81. The molecule has 56 heavy (non-hydrogen) atoms. The quantitative estimate of drug-likeness (QED) is 0.0680. The number of benzene rings is 7. The van der Waals surface area contributed by atoms with Crippen LogP contribution in [0.4, 0.5) is 0 Å². The average molecular weight is 783 g/mol. The van der Waals surface area contributed by atoms with E-state index >= 15 is 0 Å². The molecule has 0 spiro atoms. The van der Waals surface area contributed by atoms with Gasteiger partial charge in [0.05, 0.1) is 21.7 Å². The highest BCUT2D eigenvalue weighted by molar-refractivity contribution is 6.33. The van der Waals surface area contributed by atoms with E-state index in [2.05, 4.69) is 0 Å². The van der Waals surface area contributed by atoms with Crippen LogP contribution in [0, 0.1) is 0 Å². The van der Waals surface area contributed by atoms with Crippen LogP contribution in [0.15, 0.2) is 0 Å². The summed E-state index contributed by atoms with van der Waals surface area (Å²) < 4.78 is 0. The molecule has 7 aromatic rings. The number of phenolic OH excluding ortho intramolecular Hbond substituents is 22. The fourth-order valence-corrected chi connectivity index (χ4v) is 6.87. The summed E-state index contributed by atoms with van der Waals surface area (Å²) in [4.78, 5) is 0. The first-order chi connectivity index (χ1) is 26.0. The van der Waals surface area contributed by atoms with Crippen molar-refractivity contribution in [3.8, 4) is 149 Å². The Hall–Kier alpha value is -8.82. The van der Waals surface area contributed by atoms with Crippen molar-refractivity contribution in [2.24, 2.45) is 0 Å². The lowest BCUT2D eigenvalue weighted by molar-refractivity contribution is 0.347. The van der Waals surface area contributed by atoms with Gasteiger partial charge in [-0.2, -0.15) is 0 Å². The lowest BCUT2D eigenvalue weighted by Crippen LogP contribution is -1.97. The average Bonchev–Trinajstić information content (AvgIpc) is 3.17. The van der Waals surface area contributed by atoms with Crippen molar-refractivity contribution in [3.63, 3.8) is 0 Å². The molecule has 22 N–H and O–H groups in total. The Balaban J connectivity index is 1.96. The molecule has 0 aliphatic heterocycles. The summed E-state index contributed by atoms with van der Waals surface area (Å²) in [6.45, 7) is 0. The molecule has 0 aliphatic carbocycles. The van der Waals surface area contributed by atoms with Crippen molar-refractivity contribution >= 4 is 43.1 Å². The van der Waals surface area contributed by atoms with Gasteiger partial charge in [-0.15, -0.1) is 0 Å². The number of hydrogen-bond donors (Lipinski definition) is 22. The molecule has 7 aromatic carbocycles. The van der Waals surface area contributed by atoms with Gasteiger partial charge in [0, 0.05) is 43.6 Å². The maximum atomic E-state index is 11.6. The van der Waals surface area contributed by atoms with E-state index in [0.717, 1.165) is 0 Å². The van der Waals surface area contributed by atoms with Crippen molar-refractivity contribution in [1.82, 2.24) is 0 Å². The third kappa shape index (κ3) is 3.86. The van der Waals surface area contributed by atoms with Gasteiger partial charge in [-0.25, -0.2) is 0 Å². The van der Waals surface area contributed by atoms with Gasteiger partial charge in [0.15, 0.2) is 69.0 Å². The fourth-order valence-electron chi connectivity index (χ4n) is 6.87. The highest BCUT2D eigenvalue weighted by Gasteiger charge is 2.39. The van der Waals surface area contributed by atoms with E-state index < -0.39 is 192 Å². The molecule has 0 bridgehead atoms. The minimum absolute atomic E-state index is 1.18. The molecule has 0 amide bonds. The van der Waals surface area contributed by atoms with Gasteiger partial charge in [0.1, 0.15) is 5.75 Å². The van der Waals surface area contributed by atoms with Crippen molar-refractivity contribution in [1.29, 1.82) is 0 Å². The third-order valence-corrected chi connectivity index (χ3v) is 9.43. The Morgan fingerprint density at radius 3 is 0.571 bits per heavy atom. The van der Waals surface area contributed by atoms with Crippen LogP contribution in [0.1, 0.15) is 0 Å². The smallest absolute Gasteiger partial charge is 0.205 e. The molecule has 0 unspecified atom stereocenters. The van der Waals surface area contributed by atoms with Crippen molar-refractivity contribution in [2.75, 3.05) is 0 Å². The first kappa shape index (κ1) is 35.6. The Bertz CT molecular complexity index is 2950. The van der Waals surface area contributed by atoms with Gasteiger partial charge in [0.25, 0.3) is 0 Å². The van der Waals surface area contributed by atoms with E-state index in [1.54, 1.807) is 0 Å². The molecular weight excluding hydrogens is 760 g/mol. The molecule has 0 radical (unpaired) electrons. The molecule has 0 atom stereocenters. The Morgan fingerprint density at radius 1 is 0.107 bits per heavy atom. The second-order valence-corrected chi connectivity index (χ2v) is 12.2. The number of phenols is 22. The van der Waals surface area contributed by atoms with Crippen molar-refractivity contribution in [3.05, 3.63) is 0 Å². The van der Waals surface area contributed by atoms with E-state index in [1.807, 2.05) is 0 Å². The standard InChI is InChI=1S/C34H22O22/c35-13-9(20(42)21(43)12-11(13)24(46)33(55)34(56)25(12)47)2-6-3(15(37)27(49)29(51)17(6)39)1(4-7(2)18(40)30(52)28(50)16(4)38)5-8-10(22(44)26(48)14(5)36)23(45)32(54)31(53)19(8)41/h35-56H. The van der Waals surface area contributed by atoms with E-state index in [1.165, 1.54) is 0 Å². The van der Waals surface area contributed by atoms with Crippen molar-refractivity contribution < 1.29 is 112 Å². The van der Waals surface area contributed by atoms with Crippen LogP contribution in [-0.4, -0.2) is 112 Å². The van der Waals surface area contributed by atoms with E-state index in [9.17, 15) is 112 Å². The van der Waals surface area contributed by atoms with Crippen LogP contribution < -0.4 is 0 Å². The molecule has 0 aromatic heterocycles. The molecule has 0 fully saturated rings. The summed E-state index contributed by atoms with van der Waals surface area (Å²) in [5.41, 5.74) is -5.36. The molecule has 290 valence electrons. The second kappa shape index (κ2) is 10.9. The molecule has 22 nitrogen and oxygen atoms in total. The largest absolute Gasteiger partial charge is 0.506 e. The van der Waals surface area contributed by atoms with Crippen molar-refractivity contribution in [2.45, 2.75) is 0 Å². The van der Waals surface area contributed by atoms with Gasteiger partial charge in [0.2, 0.25) is 51.7 Å². The minimum atomic E-state index is -1.69. The summed E-state index contributed by atoms with van der Waals surface area (Å²) in [5.74, 6) is -35.6. The zero-order chi connectivity index (χ0) is 41.6. The van der Waals surface area contributed by atoms with Crippen LogP contribution in [0.25, 0.3) is 65.3 Å². The topological polar surface area (TPSA) is 445 Å². The normalized spacial score (nSPS) is 11.7. The Labute approximate surface area is 304 Å². The first-order valence-electron chi connectivity index (χ1n) is 14.9. The zero-order valence-electron chi connectivity index (χ0n) is 26.8. The highest BCUT2D eigenvalue weighted by Crippen LogP contribution is 2.68. The number of hydrogen-bond acceptors (Lipinski definition) is 22. The SMILES string of the molecule is Oc1c(O)c(O)c2c(O)c(-c3c4c(O)c(O)c(O)c(O)c4c(-c4c(O)c(O)c(O)c5c(O)c(O)c(O)c(O)c45)c4c(O)c(O)c(O)c(O)c34)c(O)c(O)c2c1O. The lowest BCUT2D eigenvalue weighted by Gasteiger charge is -2.25. The van der Waals surface area contributed by atoms with Crippen LogP contribution in [0.5, 0.6) is 126 Å². The molecule has 0 heterocycles. The summed E-state index contributed by atoms with van der Waals surface area (Å²) >= 11 is 0. The Kier molecular flexibility index (Phi) is 6.90. The van der Waals surface area contributed by atoms with Gasteiger partial charge in [-0.05, 0) is 0 Å². The predicted molar refractivity (Wildman–Crippen MR) is 184 cm³/mol. The summed E-state index contributed by atoms with van der Waals surface area (Å²) in [5, 5.41) is 230. The molecule has 7 rings (SSSR count). The maximum Gasteiger partial charge on any atom is 0.205 e.